The number of likely N-dealkylation sites (tertiary alicyclic amines) is 1. The minimum Gasteiger partial charge on any atom is -0.493 e. The lowest BCUT2D eigenvalue weighted by Crippen LogP contribution is -2.29. The van der Waals surface area contributed by atoms with Crippen molar-refractivity contribution in [2.75, 3.05) is 44.8 Å². The summed E-state index contributed by atoms with van der Waals surface area (Å²) in [4.78, 5) is 13.7. The molecular weight excluding hydrogens is 516 g/mol. The van der Waals surface area contributed by atoms with Crippen LogP contribution in [0.2, 0.25) is 0 Å². The molecule has 0 radical (unpaired) electrons. The van der Waals surface area contributed by atoms with Gasteiger partial charge in [-0.15, -0.1) is 0 Å². The minimum atomic E-state index is -0.806. The van der Waals surface area contributed by atoms with Gasteiger partial charge in [0, 0.05) is 40.9 Å². The normalized spacial score (nSPS) is 20.0. The smallest absolute Gasteiger partial charge is 0.304 e. The number of aryl methyl sites for hydroxylation is 2. The van der Waals surface area contributed by atoms with Gasteiger partial charge in [-0.05, 0) is 74.7 Å². The molecule has 1 fully saturated rings. The zero-order valence-electron chi connectivity index (χ0n) is 24.1. The molecule has 3 aliphatic rings. The number of anilines is 1. The number of carboxylic acids is 1. The van der Waals surface area contributed by atoms with E-state index in [-0.39, 0.29) is 18.4 Å². The van der Waals surface area contributed by atoms with E-state index in [1.807, 2.05) is 18.2 Å². The number of benzene rings is 3. The fourth-order valence-electron chi connectivity index (χ4n) is 6.59. The van der Waals surface area contributed by atoms with Crippen LogP contribution in [-0.2, 0) is 4.79 Å². The molecule has 0 amide bonds. The van der Waals surface area contributed by atoms with Crippen molar-refractivity contribution in [3.63, 3.8) is 0 Å². The molecule has 0 bridgehead atoms. The number of nitrogens with zero attached hydrogens (tertiary/aromatic N) is 1. The van der Waals surface area contributed by atoms with Gasteiger partial charge in [0.05, 0.1) is 19.1 Å². The Balaban J connectivity index is 1.15. The summed E-state index contributed by atoms with van der Waals surface area (Å²) >= 11 is 0. The van der Waals surface area contributed by atoms with Crippen molar-refractivity contribution in [1.82, 2.24) is 4.90 Å². The standard InChI is InChI=1S/C34H40N2O5/c1-22-16-26(39-15-14-36-12-5-3-4-6-13-36)17-23(2)33(22)29-9-7-8-28-30(21-41-34(28)29)35-25-10-11-27-24(18-32(37)38)20-40-31(27)19-25/h7-11,16-17,19,24,30,35H,3-6,12-15,18,20-21H2,1-2H3,(H,37,38). The van der Waals surface area contributed by atoms with Crippen LogP contribution in [0.15, 0.2) is 48.5 Å². The summed E-state index contributed by atoms with van der Waals surface area (Å²) in [5, 5.41) is 12.8. The van der Waals surface area contributed by atoms with Crippen LogP contribution in [0.5, 0.6) is 17.2 Å². The van der Waals surface area contributed by atoms with E-state index in [4.69, 9.17) is 14.2 Å². The van der Waals surface area contributed by atoms with Gasteiger partial charge in [-0.25, -0.2) is 0 Å². The van der Waals surface area contributed by atoms with E-state index in [0.29, 0.717) is 19.8 Å². The second-order valence-electron chi connectivity index (χ2n) is 11.6. The van der Waals surface area contributed by atoms with Crippen molar-refractivity contribution in [2.45, 2.75) is 57.9 Å². The monoisotopic (exact) mass is 556 g/mol. The maximum absolute atomic E-state index is 11.2. The van der Waals surface area contributed by atoms with E-state index in [9.17, 15) is 9.90 Å². The Labute approximate surface area is 242 Å². The van der Waals surface area contributed by atoms with Gasteiger partial charge in [-0.2, -0.15) is 0 Å². The molecule has 6 rings (SSSR count). The van der Waals surface area contributed by atoms with Crippen LogP contribution >= 0.6 is 0 Å². The summed E-state index contributed by atoms with van der Waals surface area (Å²) in [6.45, 7) is 9.29. The van der Waals surface area contributed by atoms with Gasteiger partial charge < -0.3 is 24.6 Å². The highest BCUT2D eigenvalue weighted by Gasteiger charge is 2.30. The molecule has 2 unspecified atom stereocenters. The first-order valence-electron chi connectivity index (χ1n) is 14.9. The van der Waals surface area contributed by atoms with Crippen LogP contribution in [0, 0.1) is 13.8 Å². The molecule has 3 aliphatic heterocycles. The first kappa shape index (κ1) is 27.5. The van der Waals surface area contributed by atoms with E-state index in [0.717, 1.165) is 46.2 Å². The van der Waals surface area contributed by atoms with E-state index >= 15 is 0 Å². The Bertz CT molecular complexity index is 1390. The van der Waals surface area contributed by atoms with Crippen LogP contribution < -0.4 is 19.5 Å². The fourth-order valence-corrected chi connectivity index (χ4v) is 6.59. The average molecular weight is 557 g/mol. The van der Waals surface area contributed by atoms with Gasteiger partial charge in [0.1, 0.15) is 30.5 Å². The van der Waals surface area contributed by atoms with Crippen LogP contribution in [0.3, 0.4) is 0 Å². The van der Waals surface area contributed by atoms with Gasteiger partial charge in [0.25, 0.3) is 0 Å². The second kappa shape index (κ2) is 12.0. The summed E-state index contributed by atoms with van der Waals surface area (Å²) in [5.41, 5.74) is 7.67. The van der Waals surface area contributed by atoms with E-state index in [2.05, 4.69) is 54.4 Å². The molecule has 3 heterocycles. The number of carboxylic acid groups (broad SMARTS) is 1. The second-order valence-corrected chi connectivity index (χ2v) is 11.6. The Hall–Kier alpha value is -3.71. The molecule has 41 heavy (non-hydrogen) atoms. The summed E-state index contributed by atoms with van der Waals surface area (Å²) < 4.78 is 18.3. The van der Waals surface area contributed by atoms with Crippen LogP contribution in [0.1, 0.15) is 66.3 Å². The zero-order valence-corrected chi connectivity index (χ0v) is 24.1. The van der Waals surface area contributed by atoms with E-state index in [1.165, 1.54) is 55.5 Å². The Morgan fingerprint density at radius 1 is 0.976 bits per heavy atom. The summed E-state index contributed by atoms with van der Waals surface area (Å²) in [6.07, 6.45) is 5.37. The number of hydrogen-bond acceptors (Lipinski definition) is 6. The molecule has 2 N–H and O–H groups in total. The number of para-hydroxylation sites is 1. The van der Waals surface area contributed by atoms with Gasteiger partial charge in [-0.3, -0.25) is 9.69 Å². The highest BCUT2D eigenvalue weighted by Crippen LogP contribution is 2.45. The number of rotatable bonds is 9. The largest absolute Gasteiger partial charge is 0.493 e. The molecule has 0 aromatic heterocycles. The fraction of sp³-hybridized carbons (Fsp3) is 0.441. The van der Waals surface area contributed by atoms with Crippen molar-refractivity contribution >= 4 is 11.7 Å². The van der Waals surface area contributed by atoms with Crippen molar-refractivity contribution in [1.29, 1.82) is 0 Å². The predicted molar refractivity (Wildman–Crippen MR) is 161 cm³/mol. The molecule has 7 heteroatoms. The predicted octanol–water partition coefficient (Wildman–Crippen LogP) is 6.72. The summed E-state index contributed by atoms with van der Waals surface area (Å²) in [7, 11) is 0. The molecule has 3 aromatic rings. The third-order valence-electron chi connectivity index (χ3n) is 8.62. The molecule has 0 spiro atoms. The van der Waals surface area contributed by atoms with Crippen LogP contribution in [0.25, 0.3) is 11.1 Å². The van der Waals surface area contributed by atoms with Gasteiger partial charge >= 0.3 is 5.97 Å². The molecule has 0 aliphatic carbocycles. The molecule has 3 aromatic carbocycles. The molecule has 216 valence electrons. The quantitative estimate of drug-likeness (QED) is 0.303. The van der Waals surface area contributed by atoms with E-state index in [1.54, 1.807) is 0 Å². The topological polar surface area (TPSA) is 80.3 Å². The number of aliphatic carboxylic acids is 1. The Kier molecular flexibility index (Phi) is 8.06. The minimum absolute atomic E-state index is 0.00132. The number of hydrogen-bond donors (Lipinski definition) is 2. The molecule has 7 nitrogen and oxygen atoms in total. The van der Waals surface area contributed by atoms with Crippen molar-refractivity contribution in [3.05, 3.63) is 70.8 Å². The lowest BCUT2D eigenvalue weighted by Gasteiger charge is -2.20. The molecular formula is C34H40N2O5. The third kappa shape index (κ3) is 6.01. The Morgan fingerprint density at radius 3 is 2.51 bits per heavy atom. The van der Waals surface area contributed by atoms with Gasteiger partial charge in [0.15, 0.2) is 0 Å². The van der Waals surface area contributed by atoms with Crippen LogP contribution in [0.4, 0.5) is 5.69 Å². The number of carbonyl (C=O) groups is 1. The Morgan fingerprint density at radius 2 is 1.76 bits per heavy atom. The number of nitrogens with one attached hydrogen (secondary N) is 1. The molecule has 1 saturated heterocycles. The highest BCUT2D eigenvalue weighted by atomic mass is 16.5. The summed E-state index contributed by atoms with van der Waals surface area (Å²) in [5.74, 6) is 1.70. The van der Waals surface area contributed by atoms with Crippen molar-refractivity contribution in [2.24, 2.45) is 0 Å². The van der Waals surface area contributed by atoms with E-state index < -0.39 is 5.97 Å². The maximum atomic E-state index is 11.2. The van der Waals surface area contributed by atoms with Gasteiger partial charge in [-0.1, -0.05) is 37.1 Å². The average Bonchev–Trinajstić information content (AvgIpc) is 3.43. The lowest BCUT2D eigenvalue weighted by molar-refractivity contribution is -0.137. The highest BCUT2D eigenvalue weighted by molar-refractivity contribution is 5.79. The van der Waals surface area contributed by atoms with Gasteiger partial charge in [0.2, 0.25) is 0 Å². The van der Waals surface area contributed by atoms with Crippen molar-refractivity contribution < 1.29 is 24.1 Å². The van der Waals surface area contributed by atoms with Crippen LogP contribution in [-0.4, -0.2) is 55.4 Å². The first-order valence-corrected chi connectivity index (χ1v) is 14.9. The molecule has 2 atom stereocenters. The number of fused-ring (bicyclic) bond motifs is 2. The third-order valence-corrected chi connectivity index (χ3v) is 8.62. The molecule has 0 saturated carbocycles. The number of ether oxygens (including phenoxy) is 3. The lowest BCUT2D eigenvalue weighted by atomic mass is 9.92. The van der Waals surface area contributed by atoms with Crippen molar-refractivity contribution in [3.8, 4) is 28.4 Å². The zero-order chi connectivity index (χ0) is 28.3. The SMILES string of the molecule is Cc1cc(OCCN2CCCCCC2)cc(C)c1-c1cccc2c1OCC2Nc1ccc2c(c1)OCC2CC(=O)O. The maximum Gasteiger partial charge on any atom is 0.304 e. The first-order chi connectivity index (χ1) is 20.0. The summed E-state index contributed by atoms with van der Waals surface area (Å²) in [6, 6.07) is 16.6.